The van der Waals surface area contributed by atoms with E-state index >= 15 is 0 Å². The molecule has 0 amide bonds. The lowest BCUT2D eigenvalue weighted by Crippen LogP contribution is -2.30. The molecule has 4 rings (SSSR count). The smallest absolute Gasteiger partial charge is 0.385 e. The van der Waals surface area contributed by atoms with E-state index in [4.69, 9.17) is 0 Å². The van der Waals surface area contributed by atoms with Crippen molar-refractivity contribution < 1.29 is 39.5 Å². The molecule has 0 unspecified atom stereocenters. The average molecular weight is 552 g/mol. The largest absolute Gasteiger partial charge is 0.416 e. The summed E-state index contributed by atoms with van der Waals surface area (Å²) in [6, 6.07) is 2.78. The van der Waals surface area contributed by atoms with Crippen molar-refractivity contribution in [3.8, 4) is 0 Å². The summed E-state index contributed by atoms with van der Waals surface area (Å²) in [7, 11) is 0. The number of nitrogens with zero attached hydrogens (tertiary/aromatic N) is 4. The first-order valence-corrected chi connectivity index (χ1v) is 11.4. The van der Waals surface area contributed by atoms with Crippen LogP contribution in [0.1, 0.15) is 59.2 Å². The number of halogens is 9. The molecule has 0 saturated carbocycles. The van der Waals surface area contributed by atoms with Crippen molar-refractivity contribution in [2.75, 3.05) is 16.8 Å². The molecule has 38 heavy (non-hydrogen) atoms. The van der Waals surface area contributed by atoms with Gasteiger partial charge in [-0.25, -0.2) is 0 Å². The number of fused-ring (bicyclic) bond motifs is 1. The van der Waals surface area contributed by atoms with Gasteiger partial charge >= 0.3 is 18.5 Å². The van der Waals surface area contributed by atoms with Gasteiger partial charge in [0.1, 0.15) is 0 Å². The van der Waals surface area contributed by atoms with Crippen LogP contribution in [0.3, 0.4) is 0 Å². The van der Waals surface area contributed by atoms with Gasteiger partial charge in [0.15, 0.2) is 0 Å². The molecule has 1 aromatic heterocycles. The Morgan fingerprint density at radius 1 is 0.895 bits per heavy atom. The molecule has 1 aliphatic heterocycles. The summed E-state index contributed by atoms with van der Waals surface area (Å²) in [4.78, 5) is 1.34. The van der Waals surface area contributed by atoms with Gasteiger partial charge in [0.05, 0.1) is 22.7 Å². The van der Waals surface area contributed by atoms with Gasteiger partial charge in [-0.05, 0) is 65.4 Å². The van der Waals surface area contributed by atoms with Crippen LogP contribution < -0.4 is 10.2 Å². The first-order valence-electron chi connectivity index (χ1n) is 11.4. The Morgan fingerprint density at radius 2 is 1.55 bits per heavy atom. The van der Waals surface area contributed by atoms with Gasteiger partial charge in [-0.1, -0.05) is 18.1 Å². The van der Waals surface area contributed by atoms with E-state index in [1.54, 1.807) is 6.92 Å². The summed E-state index contributed by atoms with van der Waals surface area (Å²) in [6.07, 6.45) is -13.9. The number of benzene rings is 2. The molecule has 0 bridgehead atoms. The summed E-state index contributed by atoms with van der Waals surface area (Å²) >= 11 is 0. The first-order chi connectivity index (χ1) is 17.7. The van der Waals surface area contributed by atoms with Gasteiger partial charge in [-0.2, -0.15) is 44.7 Å². The number of aromatic amines is 1. The molecule has 0 fully saturated rings. The predicted octanol–water partition coefficient (Wildman–Crippen LogP) is 6.77. The second kappa shape index (κ2) is 9.98. The first kappa shape index (κ1) is 27.5. The zero-order chi connectivity index (χ0) is 27.9. The fourth-order valence-electron chi connectivity index (χ4n) is 4.55. The maximum atomic E-state index is 13.7. The van der Waals surface area contributed by atoms with Gasteiger partial charge in [0, 0.05) is 18.8 Å². The minimum absolute atomic E-state index is 0.00330. The molecule has 2 N–H and O–H groups in total. The summed E-state index contributed by atoms with van der Waals surface area (Å²) in [6.45, 7) is 1.35. The molecule has 2 aromatic carbocycles. The molecule has 15 heteroatoms. The van der Waals surface area contributed by atoms with Crippen LogP contribution in [-0.2, 0) is 31.5 Å². The molecule has 206 valence electrons. The maximum Gasteiger partial charge on any atom is 0.416 e. The Morgan fingerprint density at radius 3 is 2.08 bits per heavy atom. The van der Waals surface area contributed by atoms with Crippen molar-refractivity contribution in [2.24, 2.45) is 0 Å². The van der Waals surface area contributed by atoms with Crippen LogP contribution in [0.4, 0.5) is 51.1 Å². The van der Waals surface area contributed by atoms with Gasteiger partial charge in [-0.3, -0.25) is 0 Å². The molecule has 1 atom stereocenters. The standard InChI is InChI=1S/C23H21F9N6/c1-2-13-8-16-18(10-17(13)23(30,31)32)33-5-3-4-19(16)38(20-34-36-37-35-20)11-12-6-14(21(24,25)26)9-15(7-12)22(27,28)29/h6-10,19,33H,2-5,11H2,1H3,(H,34,35,36,37)/t19-/m0/s1. The maximum absolute atomic E-state index is 13.7. The minimum Gasteiger partial charge on any atom is -0.385 e. The van der Waals surface area contributed by atoms with Gasteiger partial charge in [0.25, 0.3) is 5.95 Å². The van der Waals surface area contributed by atoms with E-state index in [9.17, 15) is 39.5 Å². The van der Waals surface area contributed by atoms with Crippen molar-refractivity contribution in [1.29, 1.82) is 0 Å². The summed E-state index contributed by atoms with van der Waals surface area (Å²) < 4.78 is 122. The number of H-pyrrole nitrogens is 1. The number of alkyl halides is 9. The number of anilines is 2. The van der Waals surface area contributed by atoms with Crippen molar-refractivity contribution >= 4 is 11.6 Å². The van der Waals surface area contributed by atoms with Crippen LogP contribution >= 0.6 is 0 Å². The Bertz CT molecular complexity index is 1230. The Hall–Kier alpha value is -3.52. The molecule has 0 aliphatic carbocycles. The molecule has 0 radical (unpaired) electrons. The topological polar surface area (TPSA) is 69.7 Å². The SMILES string of the molecule is CCc1cc2c(cc1C(F)(F)F)NCCC[C@@H]2N(Cc1cc(C(F)(F)F)cc(C(F)(F)F)c1)c1nn[nH]n1. The van der Waals surface area contributed by atoms with Crippen LogP contribution in [0.25, 0.3) is 0 Å². The highest BCUT2D eigenvalue weighted by Crippen LogP contribution is 2.43. The third-order valence-electron chi connectivity index (χ3n) is 6.26. The third-order valence-corrected chi connectivity index (χ3v) is 6.26. The fourth-order valence-corrected chi connectivity index (χ4v) is 4.55. The van der Waals surface area contributed by atoms with Gasteiger partial charge < -0.3 is 10.2 Å². The van der Waals surface area contributed by atoms with Crippen LogP contribution in [0.15, 0.2) is 30.3 Å². The van der Waals surface area contributed by atoms with E-state index in [1.165, 1.54) is 11.0 Å². The van der Waals surface area contributed by atoms with E-state index in [0.29, 0.717) is 37.1 Å². The Kier molecular flexibility index (Phi) is 7.23. The lowest BCUT2D eigenvalue weighted by molar-refractivity contribution is -0.143. The van der Waals surface area contributed by atoms with Crippen LogP contribution in [0.5, 0.6) is 0 Å². The zero-order valence-electron chi connectivity index (χ0n) is 19.7. The van der Waals surface area contributed by atoms with E-state index in [0.717, 1.165) is 6.07 Å². The predicted molar refractivity (Wildman–Crippen MR) is 118 cm³/mol. The van der Waals surface area contributed by atoms with Crippen LogP contribution in [0.2, 0.25) is 0 Å². The number of tetrazole rings is 1. The van der Waals surface area contributed by atoms with Crippen LogP contribution in [-0.4, -0.2) is 27.2 Å². The lowest BCUT2D eigenvalue weighted by Gasteiger charge is -2.32. The minimum atomic E-state index is -5.05. The van der Waals surface area contributed by atoms with E-state index in [1.807, 2.05) is 0 Å². The van der Waals surface area contributed by atoms with Crippen molar-refractivity contribution in [1.82, 2.24) is 20.6 Å². The Balaban J connectivity index is 1.85. The molecule has 0 saturated heterocycles. The molecule has 3 aromatic rings. The van der Waals surface area contributed by atoms with Crippen molar-refractivity contribution in [3.63, 3.8) is 0 Å². The second-order valence-electron chi connectivity index (χ2n) is 8.79. The molecular formula is C23H21F9N6. The lowest BCUT2D eigenvalue weighted by atomic mass is 9.93. The highest BCUT2D eigenvalue weighted by Gasteiger charge is 2.39. The van der Waals surface area contributed by atoms with E-state index in [-0.39, 0.29) is 35.2 Å². The third kappa shape index (κ3) is 5.80. The van der Waals surface area contributed by atoms with Crippen molar-refractivity contribution in [3.05, 3.63) is 63.7 Å². The molecule has 6 nitrogen and oxygen atoms in total. The van der Waals surface area contributed by atoms with Crippen molar-refractivity contribution in [2.45, 2.75) is 57.3 Å². The Labute approximate surface area is 210 Å². The monoisotopic (exact) mass is 552 g/mol. The van der Waals surface area contributed by atoms with Crippen LogP contribution in [0, 0.1) is 0 Å². The number of hydrogen-bond acceptors (Lipinski definition) is 5. The summed E-state index contributed by atoms with van der Waals surface area (Å²) in [5.41, 5.74) is -3.59. The normalized spacial score (nSPS) is 16.5. The summed E-state index contributed by atoms with van der Waals surface area (Å²) in [5, 5.41) is 16.3. The molecular weight excluding hydrogens is 531 g/mol. The van der Waals surface area contributed by atoms with E-state index < -0.39 is 47.8 Å². The quantitative estimate of drug-likeness (QED) is 0.342. The number of hydrogen-bond donors (Lipinski definition) is 2. The van der Waals surface area contributed by atoms with E-state index in [2.05, 4.69) is 25.9 Å². The number of nitrogens with one attached hydrogen (secondary N) is 2. The fraction of sp³-hybridized carbons (Fsp3) is 0.435. The highest BCUT2D eigenvalue weighted by atomic mass is 19.4. The number of aromatic nitrogens is 4. The highest BCUT2D eigenvalue weighted by molar-refractivity contribution is 5.60. The molecule has 2 heterocycles. The zero-order valence-corrected chi connectivity index (χ0v) is 19.7. The average Bonchev–Trinajstić information content (AvgIpc) is 3.27. The molecule has 0 spiro atoms. The number of aryl methyl sites for hydroxylation is 1. The second-order valence-corrected chi connectivity index (χ2v) is 8.79. The molecule has 1 aliphatic rings. The van der Waals surface area contributed by atoms with Gasteiger partial charge in [0.2, 0.25) is 0 Å². The van der Waals surface area contributed by atoms with Gasteiger partial charge in [-0.15, -0.1) is 5.10 Å². The summed E-state index contributed by atoms with van der Waals surface area (Å²) in [5.74, 6) is -0.133. The number of rotatable bonds is 5.